The summed E-state index contributed by atoms with van der Waals surface area (Å²) in [6, 6.07) is 9.25. The van der Waals surface area contributed by atoms with Gasteiger partial charge in [0.1, 0.15) is 22.8 Å². The van der Waals surface area contributed by atoms with Crippen LogP contribution in [0.1, 0.15) is 59.8 Å². The van der Waals surface area contributed by atoms with Crippen molar-refractivity contribution < 1.29 is 39.6 Å². The Hall–Kier alpha value is -4.48. The monoisotopic (exact) mass is 603 g/mol. The lowest BCUT2D eigenvalue weighted by Gasteiger charge is -2.50. The Bertz CT molecular complexity index is 1670. The summed E-state index contributed by atoms with van der Waals surface area (Å²) < 4.78 is 0. The van der Waals surface area contributed by atoms with Gasteiger partial charge in [0.25, 0.3) is 11.8 Å². The van der Waals surface area contributed by atoms with Gasteiger partial charge in [0.15, 0.2) is 11.4 Å². The zero-order chi connectivity index (χ0) is 32.5. The molecule has 2 amide bonds. The number of ketones is 2. The molecule has 0 aromatic heterocycles. The number of aliphatic hydroxyl groups excluding tert-OH is 2. The smallest absolute Gasteiger partial charge is 0.255 e. The molecule has 0 aliphatic heterocycles. The molecule has 0 spiro atoms. The minimum atomic E-state index is -2.71. The number of hydrogen-bond acceptors (Lipinski definition) is 9. The normalized spacial score (nSPS) is 25.0. The van der Waals surface area contributed by atoms with Crippen molar-refractivity contribution in [2.45, 2.75) is 57.2 Å². The Morgan fingerprint density at radius 2 is 1.73 bits per heavy atom. The molecule has 0 unspecified atom stereocenters. The number of phenols is 1. The van der Waals surface area contributed by atoms with Crippen molar-refractivity contribution in [2.24, 2.45) is 17.6 Å². The van der Waals surface area contributed by atoms with Crippen molar-refractivity contribution in [1.82, 2.24) is 10.2 Å². The van der Waals surface area contributed by atoms with E-state index in [-0.39, 0.29) is 42.2 Å². The molecule has 11 nitrogen and oxygen atoms in total. The maximum absolute atomic E-state index is 14.2. The summed E-state index contributed by atoms with van der Waals surface area (Å²) in [5.41, 5.74) is 3.03. The van der Waals surface area contributed by atoms with E-state index in [4.69, 9.17) is 5.73 Å². The van der Waals surface area contributed by atoms with E-state index >= 15 is 0 Å². The van der Waals surface area contributed by atoms with E-state index in [1.54, 1.807) is 50.5 Å². The Balaban J connectivity index is 1.68. The van der Waals surface area contributed by atoms with Crippen molar-refractivity contribution in [3.05, 3.63) is 81.1 Å². The van der Waals surface area contributed by atoms with Gasteiger partial charge in [0.05, 0.1) is 11.6 Å². The number of Topliss-reactive ketones (excluding diaryl/α,β-unsaturated/α-hetero) is 2. The predicted molar refractivity (Wildman–Crippen MR) is 161 cm³/mol. The van der Waals surface area contributed by atoms with E-state index in [9.17, 15) is 39.6 Å². The minimum absolute atomic E-state index is 0.00215. The van der Waals surface area contributed by atoms with Crippen LogP contribution in [-0.4, -0.2) is 74.4 Å². The van der Waals surface area contributed by atoms with Crippen LogP contribution >= 0.6 is 0 Å². The van der Waals surface area contributed by atoms with Gasteiger partial charge in [-0.05, 0) is 67.6 Å². The third-order valence-corrected chi connectivity index (χ3v) is 9.10. The summed E-state index contributed by atoms with van der Waals surface area (Å²) in [6.45, 7) is 5.65. The Kier molecular flexibility index (Phi) is 7.46. The van der Waals surface area contributed by atoms with Gasteiger partial charge in [0.2, 0.25) is 5.78 Å². The molecule has 11 heteroatoms. The van der Waals surface area contributed by atoms with Gasteiger partial charge in [0, 0.05) is 29.2 Å². The van der Waals surface area contributed by atoms with Crippen LogP contribution in [0.4, 0.5) is 0 Å². The molecular formula is C33H37N3O8. The molecule has 232 valence electrons. The number of carbonyl (C=O) groups excluding carboxylic acids is 4. The van der Waals surface area contributed by atoms with Gasteiger partial charge >= 0.3 is 0 Å². The third-order valence-electron chi connectivity index (χ3n) is 9.10. The Morgan fingerprint density at radius 1 is 1.09 bits per heavy atom. The third kappa shape index (κ3) is 4.58. The largest absolute Gasteiger partial charge is 0.508 e. The van der Waals surface area contributed by atoms with Gasteiger partial charge < -0.3 is 31.5 Å². The van der Waals surface area contributed by atoms with Crippen molar-refractivity contribution >= 4 is 29.1 Å². The van der Waals surface area contributed by atoms with Crippen LogP contribution in [-0.2, 0) is 32.8 Å². The number of rotatable bonds is 5. The molecule has 0 heterocycles. The summed E-state index contributed by atoms with van der Waals surface area (Å²) >= 11 is 0. The number of aromatic hydroxyl groups is 1. The van der Waals surface area contributed by atoms with E-state index in [0.29, 0.717) is 22.3 Å². The standard InChI is InChI=1S/C33H37N3O8/c1-32(2,3)20-13-17(14-35-31(43)15-9-7-6-8-10-15)18-11-16-12-19-24(36(4)5)27(39)23(30(34)42)29(41)33(19,44)28(40)21(16)26(38)22(18)25(20)37/h6-10,13,16,19,24,37-38,41,44H,11-12,14H2,1-5H3,(H2,34,42)(H,35,43)/t16-,19-,24-,33-/m0/s1. The van der Waals surface area contributed by atoms with Crippen molar-refractivity contribution in [2.75, 3.05) is 14.1 Å². The van der Waals surface area contributed by atoms with E-state index < -0.39 is 63.5 Å². The van der Waals surface area contributed by atoms with Crippen molar-refractivity contribution in [1.29, 1.82) is 0 Å². The average Bonchev–Trinajstić information content (AvgIpc) is 2.93. The van der Waals surface area contributed by atoms with Gasteiger partial charge in [-0.3, -0.25) is 24.1 Å². The number of nitrogens with two attached hydrogens (primary N) is 1. The van der Waals surface area contributed by atoms with Crippen molar-refractivity contribution in [3.63, 3.8) is 0 Å². The maximum atomic E-state index is 14.2. The molecular weight excluding hydrogens is 566 g/mol. The molecule has 0 radical (unpaired) electrons. The summed E-state index contributed by atoms with van der Waals surface area (Å²) in [5, 5.41) is 49.0. The lowest BCUT2D eigenvalue weighted by Crippen LogP contribution is -2.65. The van der Waals surface area contributed by atoms with Crippen LogP contribution in [0, 0.1) is 11.8 Å². The quantitative estimate of drug-likeness (QED) is 0.278. The molecule has 5 rings (SSSR count). The van der Waals surface area contributed by atoms with E-state index in [1.165, 1.54) is 4.90 Å². The van der Waals surface area contributed by atoms with Crippen LogP contribution in [0.3, 0.4) is 0 Å². The number of carbonyl (C=O) groups is 4. The fraction of sp³-hybridized carbons (Fsp3) is 0.394. The van der Waals surface area contributed by atoms with E-state index in [1.807, 2.05) is 20.8 Å². The van der Waals surface area contributed by atoms with Crippen LogP contribution in [0.25, 0.3) is 5.76 Å². The Labute approximate surface area is 254 Å². The molecule has 3 aliphatic rings. The number of primary amides is 1. The highest BCUT2D eigenvalue weighted by atomic mass is 16.3. The zero-order valence-corrected chi connectivity index (χ0v) is 25.3. The predicted octanol–water partition coefficient (Wildman–Crippen LogP) is 2.19. The summed E-state index contributed by atoms with van der Waals surface area (Å²) in [6.07, 6.45) is 0.104. The van der Waals surface area contributed by atoms with E-state index in [0.717, 1.165) is 0 Å². The lowest BCUT2D eigenvalue weighted by molar-refractivity contribution is -0.153. The molecule has 2 aromatic carbocycles. The molecule has 0 bridgehead atoms. The second-order valence-corrected chi connectivity index (χ2v) is 13.0. The number of phenolic OH excluding ortho intramolecular Hbond substituents is 1. The first-order valence-electron chi connectivity index (χ1n) is 14.4. The fourth-order valence-corrected chi connectivity index (χ4v) is 6.98. The molecule has 44 heavy (non-hydrogen) atoms. The number of amides is 2. The molecule has 7 N–H and O–H groups in total. The average molecular weight is 604 g/mol. The minimum Gasteiger partial charge on any atom is -0.508 e. The molecule has 4 atom stereocenters. The van der Waals surface area contributed by atoms with Crippen LogP contribution in [0.2, 0.25) is 0 Å². The Morgan fingerprint density at radius 3 is 2.30 bits per heavy atom. The summed E-state index contributed by atoms with van der Waals surface area (Å²) in [5.74, 6) is -7.34. The highest BCUT2D eigenvalue weighted by Gasteiger charge is 2.64. The fourth-order valence-electron chi connectivity index (χ4n) is 6.98. The highest BCUT2D eigenvalue weighted by Crippen LogP contribution is 2.54. The first-order valence-corrected chi connectivity index (χ1v) is 14.4. The molecule has 1 fully saturated rings. The molecule has 3 aliphatic carbocycles. The van der Waals surface area contributed by atoms with E-state index in [2.05, 4.69) is 5.32 Å². The number of likely N-dealkylation sites (N-methyl/N-ethyl adjacent to an activating group) is 1. The molecule has 0 saturated heterocycles. The number of nitrogens with zero attached hydrogens (tertiary/aromatic N) is 1. The van der Waals surface area contributed by atoms with Gasteiger partial charge in [-0.1, -0.05) is 39.0 Å². The SMILES string of the molecule is CN(C)[C@@H]1C(=O)C(C(N)=O)=C(O)[C@@]2(O)C(=O)C3=C(O)c4c(O)c(C(C)(C)C)cc(CNC(=O)c5ccccc5)c4C[C@H]3C[C@@H]12. The van der Waals surface area contributed by atoms with Crippen molar-refractivity contribution in [3.8, 4) is 5.75 Å². The first kappa shape index (κ1) is 31.0. The summed E-state index contributed by atoms with van der Waals surface area (Å²) in [7, 11) is 3.10. The number of nitrogens with one attached hydrogen (secondary N) is 1. The first-order chi connectivity index (χ1) is 20.5. The van der Waals surface area contributed by atoms with Gasteiger partial charge in [-0.25, -0.2) is 0 Å². The van der Waals surface area contributed by atoms with Crippen LogP contribution in [0.5, 0.6) is 5.75 Å². The number of benzene rings is 2. The summed E-state index contributed by atoms with van der Waals surface area (Å²) in [4.78, 5) is 54.1. The number of fused-ring (bicyclic) bond motifs is 3. The number of hydrogen-bond donors (Lipinski definition) is 6. The van der Waals surface area contributed by atoms with Gasteiger partial charge in [-0.2, -0.15) is 0 Å². The topological polar surface area (TPSA) is 190 Å². The molecule has 1 saturated carbocycles. The zero-order valence-electron chi connectivity index (χ0n) is 25.3. The maximum Gasteiger partial charge on any atom is 0.255 e. The lowest BCUT2D eigenvalue weighted by atomic mass is 9.57. The van der Waals surface area contributed by atoms with Crippen LogP contribution in [0.15, 0.2) is 53.3 Å². The molecule has 2 aromatic rings. The number of aliphatic hydroxyl groups is 3. The second kappa shape index (κ2) is 10.6. The second-order valence-electron chi connectivity index (χ2n) is 13.0. The van der Waals surface area contributed by atoms with Crippen LogP contribution < -0.4 is 11.1 Å². The highest BCUT2D eigenvalue weighted by molar-refractivity contribution is 6.24. The van der Waals surface area contributed by atoms with Gasteiger partial charge in [-0.15, -0.1) is 0 Å².